The third-order valence-electron chi connectivity index (χ3n) is 8.38. The number of rotatable bonds is 15. The lowest BCUT2D eigenvalue weighted by atomic mass is 9.90. The van der Waals surface area contributed by atoms with Crippen LogP contribution >= 0.6 is 0 Å². The molecule has 0 radical (unpaired) electrons. The fourth-order valence-corrected chi connectivity index (χ4v) is 5.73. The first-order chi connectivity index (χ1) is 25.2. The van der Waals surface area contributed by atoms with E-state index in [0.717, 1.165) is 22.3 Å². The molecule has 0 spiro atoms. The van der Waals surface area contributed by atoms with Gasteiger partial charge in [0.1, 0.15) is 24.2 Å². The molecule has 0 aromatic heterocycles. The van der Waals surface area contributed by atoms with Gasteiger partial charge in [0.25, 0.3) is 0 Å². The smallest absolute Gasteiger partial charge is 0.411 e. The van der Waals surface area contributed by atoms with Crippen LogP contribution in [-0.4, -0.2) is 55.3 Å². The fraction of sp³-hybridized carbons (Fsp3) is 0.220. The van der Waals surface area contributed by atoms with Crippen LogP contribution in [0.4, 0.5) is 26.7 Å². The van der Waals surface area contributed by atoms with Gasteiger partial charge in [-0.2, -0.15) is 0 Å². The van der Waals surface area contributed by atoms with Crippen molar-refractivity contribution in [3.8, 4) is 11.5 Å². The van der Waals surface area contributed by atoms with E-state index in [1.54, 1.807) is 49.4 Å². The molecule has 5 aromatic carbocycles. The number of hydrogen-bond donors (Lipinski definition) is 4. The van der Waals surface area contributed by atoms with Gasteiger partial charge in [0.15, 0.2) is 6.23 Å². The minimum Gasteiger partial charge on any atom is -0.487 e. The van der Waals surface area contributed by atoms with E-state index in [4.69, 9.17) is 24.7 Å². The van der Waals surface area contributed by atoms with Crippen LogP contribution in [0.3, 0.4) is 0 Å². The Balaban J connectivity index is 1.46. The van der Waals surface area contributed by atoms with E-state index in [1.165, 1.54) is 14.2 Å². The van der Waals surface area contributed by atoms with Crippen molar-refractivity contribution in [2.24, 2.45) is 0 Å². The molecule has 0 bridgehead atoms. The summed E-state index contributed by atoms with van der Waals surface area (Å²) in [4.78, 5) is 25.8. The maximum atomic E-state index is 11.9. The van der Waals surface area contributed by atoms with Gasteiger partial charge in [-0.15, -0.1) is 0 Å². The lowest BCUT2D eigenvalue weighted by Gasteiger charge is -2.36. The van der Waals surface area contributed by atoms with E-state index >= 15 is 0 Å². The van der Waals surface area contributed by atoms with Crippen molar-refractivity contribution in [2.45, 2.75) is 38.3 Å². The standard InChI is InChI=1S/C41H44N4O7/c1-28(46)39(52-35-22-23-38(37(42)24-35)51-27-30-12-8-5-9-13-30)45(25-29-10-6-4-7-11-29)26-36(31-14-18-33(19-15-31)43-40(47)49-2)32-16-20-34(21-17-32)44-41(48)50-3/h4-24,28,36,39,46H,25-27,42H2,1-3H3,(H,43,47)(H,44,48). The summed E-state index contributed by atoms with van der Waals surface area (Å²) in [5.74, 6) is 0.759. The lowest BCUT2D eigenvalue weighted by Crippen LogP contribution is -2.48. The predicted molar refractivity (Wildman–Crippen MR) is 201 cm³/mol. The zero-order valence-corrected chi connectivity index (χ0v) is 29.4. The van der Waals surface area contributed by atoms with Gasteiger partial charge < -0.3 is 29.8 Å². The highest BCUT2D eigenvalue weighted by Crippen LogP contribution is 2.32. The summed E-state index contributed by atoms with van der Waals surface area (Å²) >= 11 is 0. The van der Waals surface area contributed by atoms with Crippen molar-refractivity contribution >= 4 is 29.2 Å². The summed E-state index contributed by atoms with van der Waals surface area (Å²) in [7, 11) is 2.62. The highest BCUT2D eigenvalue weighted by atomic mass is 16.5. The van der Waals surface area contributed by atoms with Gasteiger partial charge in [-0.05, 0) is 65.6 Å². The Morgan fingerprint density at radius 1 is 0.731 bits per heavy atom. The second-order valence-electron chi connectivity index (χ2n) is 12.2. The molecule has 0 saturated carbocycles. The Morgan fingerprint density at radius 2 is 1.25 bits per heavy atom. The van der Waals surface area contributed by atoms with Crippen molar-refractivity contribution < 1.29 is 33.6 Å². The lowest BCUT2D eigenvalue weighted by molar-refractivity contribution is -0.0638. The van der Waals surface area contributed by atoms with Gasteiger partial charge in [0.05, 0.1) is 19.9 Å². The largest absolute Gasteiger partial charge is 0.487 e. The van der Waals surface area contributed by atoms with Crippen molar-refractivity contribution in [2.75, 3.05) is 37.1 Å². The SMILES string of the molecule is COC(=O)Nc1ccc(C(CN(Cc2ccccc2)C(Oc2ccc(OCc3ccccc3)c(N)c2)C(C)O)c2ccc(NC(=O)OC)cc2)cc1. The number of methoxy groups -OCH3 is 2. The second-order valence-corrected chi connectivity index (χ2v) is 12.2. The van der Waals surface area contributed by atoms with Crippen molar-refractivity contribution in [1.82, 2.24) is 4.90 Å². The quantitative estimate of drug-likeness (QED) is 0.0639. The molecular formula is C41H44N4O7. The maximum absolute atomic E-state index is 11.9. The second kappa shape index (κ2) is 18.3. The molecule has 0 heterocycles. The van der Waals surface area contributed by atoms with E-state index in [2.05, 4.69) is 15.5 Å². The first-order valence-electron chi connectivity index (χ1n) is 16.8. The Labute approximate surface area is 303 Å². The highest BCUT2D eigenvalue weighted by molar-refractivity contribution is 5.85. The van der Waals surface area contributed by atoms with Crippen LogP contribution in [0.15, 0.2) is 127 Å². The monoisotopic (exact) mass is 704 g/mol. The predicted octanol–water partition coefficient (Wildman–Crippen LogP) is 7.62. The minimum atomic E-state index is -0.919. The van der Waals surface area contributed by atoms with E-state index in [9.17, 15) is 14.7 Å². The summed E-state index contributed by atoms with van der Waals surface area (Å²) in [6, 6.07) is 40.0. The molecule has 11 nitrogen and oxygen atoms in total. The summed E-state index contributed by atoms with van der Waals surface area (Å²) in [5.41, 5.74) is 11.9. The van der Waals surface area contributed by atoms with Crippen molar-refractivity contribution in [3.63, 3.8) is 0 Å². The number of amides is 2. The molecule has 270 valence electrons. The number of carbonyl (C=O) groups excluding carboxylic acids is 2. The Bertz CT molecular complexity index is 1810. The molecular weight excluding hydrogens is 660 g/mol. The molecule has 0 aliphatic heterocycles. The summed E-state index contributed by atoms with van der Waals surface area (Å²) < 4.78 is 22.0. The number of ether oxygens (including phenoxy) is 4. The summed E-state index contributed by atoms with van der Waals surface area (Å²) in [6.07, 6.45) is -2.85. The van der Waals surface area contributed by atoms with Crippen LogP contribution in [0.25, 0.3) is 0 Å². The highest BCUT2D eigenvalue weighted by Gasteiger charge is 2.30. The topological polar surface area (TPSA) is 145 Å². The Kier molecular flexibility index (Phi) is 13.1. The third kappa shape index (κ3) is 10.5. The zero-order chi connectivity index (χ0) is 36.9. The van der Waals surface area contributed by atoms with Gasteiger partial charge >= 0.3 is 12.2 Å². The van der Waals surface area contributed by atoms with E-state index in [1.807, 2.05) is 84.9 Å². The number of nitrogens with one attached hydrogen (secondary N) is 2. The minimum absolute atomic E-state index is 0.244. The van der Waals surface area contributed by atoms with Crippen LogP contribution in [-0.2, 0) is 22.6 Å². The third-order valence-corrected chi connectivity index (χ3v) is 8.38. The molecule has 5 rings (SSSR count). The zero-order valence-electron chi connectivity index (χ0n) is 29.4. The number of benzene rings is 5. The number of aliphatic hydroxyl groups excluding tert-OH is 1. The molecule has 11 heteroatoms. The van der Waals surface area contributed by atoms with E-state index < -0.39 is 24.5 Å². The molecule has 2 amide bonds. The van der Waals surface area contributed by atoms with Gasteiger partial charge in [0.2, 0.25) is 0 Å². The normalized spacial score (nSPS) is 12.1. The number of nitrogen functional groups attached to an aromatic ring is 1. The molecule has 2 atom stereocenters. The first kappa shape index (κ1) is 37.2. The fourth-order valence-electron chi connectivity index (χ4n) is 5.73. The summed E-state index contributed by atoms with van der Waals surface area (Å²) in [6.45, 7) is 2.92. The average Bonchev–Trinajstić information content (AvgIpc) is 3.16. The number of nitrogens with zero attached hydrogens (tertiary/aromatic N) is 1. The number of carbonyl (C=O) groups is 2. The van der Waals surface area contributed by atoms with E-state index in [0.29, 0.717) is 48.3 Å². The molecule has 0 aliphatic rings. The van der Waals surface area contributed by atoms with Gasteiger partial charge in [0, 0.05) is 36.4 Å². The molecule has 0 fully saturated rings. The molecule has 0 aliphatic carbocycles. The number of anilines is 3. The molecule has 5 N–H and O–H groups in total. The van der Waals surface area contributed by atoms with Crippen LogP contribution < -0.4 is 25.8 Å². The number of nitrogens with two attached hydrogens (primary N) is 1. The van der Waals surface area contributed by atoms with Crippen molar-refractivity contribution in [1.29, 1.82) is 0 Å². The van der Waals surface area contributed by atoms with Gasteiger partial charge in [-0.3, -0.25) is 15.5 Å². The van der Waals surface area contributed by atoms with Crippen LogP contribution in [0.5, 0.6) is 11.5 Å². The van der Waals surface area contributed by atoms with Crippen LogP contribution in [0, 0.1) is 0 Å². The maximum Gasteiger partial charge on any atom is 0.411 e. The Morgan fingerprint density at radius 3 is 1.73 bits per heavy atom. The molecule has 5 aromatic rings. The van der Waals surface area contributed by atoms with E-state index in [-0.39, 0.29) is 5.92 Å². The first-order valence-corrected chi connectivity index (χ1v) is 16.8. The van der Waals surface area contributed by atoms with Crippen LogP contribution in [0.2, 0.25) is 0 Å². The molecule has 0 saturated heterocycles. The average molecular weight is 705 g/mol. The molecule has 2 unspecified atom stereocenters. The number of hydrogen-bond acceptors (Lipinski definition) is 9. The summed E-state index contributed by atoms with van der Waals surface area (Å²) in [5, 5.41) is 16.7. The van der Waals surface area contributed by atoms with Crippen molar-refractivity contribution in [3.05, 3.63) is 150 Å². The molecule has 52 heavy (non-hydrogen) atoms. The Hall–Kier alpha value is -6.04. The number of aliphatic hydroxyl groups is 1. The van der Waals surface area contributed by atoms with Crippen LogP contribution in [0.1, 0.15) is 35.1 Å². The van der Waals surface area contributed by atoms with Gasteiger partial charge in [-0.25, -0.2) is 9.59 Å². The van der Waals surface area contributed by atoms with Gasteiger partial charge in [-0.1, -0.05) is 84.9 Å².